The smallest absolute Gasteiger partial charge is 0.264 e. The maximum atomic E-state index is 13.7. The summed E-state index contributed by atoms with van der Waals surface area (Å²) in [6.07, 6.45) is 0. The second-order valence-corrected chi connectivity index (χ2v) is 4.20. The zero-order valence-electron chi connectivity index (χ0n) is 11.1. The molecule has 0 saturated carbocycles. The number of hydrogen-bond acceptors (Lipinski definition) is 3. The van der Waals surface area contributed by atoms with Gasteiger partial charge in [-0.15, -0.1) is 0 Å². The number of phenols is 1. The fourth-order valence-electron chi connectivity index (χ4n) is 1.82. The normalized spacial score (nSPS) is 10.2. The van der Waals surface area contributed by atoms with E-state index in [9.17, 15) is 14.3 Å². The quantitative estimate of drug-likeness (QED) is 0.937. The second kappa shape index (κ2) is 5.61. The van der Waals surface area contributed by atoms with Crippen LogP contribution < -0.4 is 9.64 Å². The molecule has 0 atom stereocenters. The van der Waals surface area contributed by atoms with Crippen LogP contribution in [0.4, 0.5) is 10.1 Å². The van der Waals surface area contributed by atoms with Crippen LogP contribution in [0.3, 0.4) is 0 Å². The van der Waals surface area contributed by atoms with E-state index >= 15 is 0 Å². The Morgan fingerprint density at radius 3 is 2.40 bits per heavy atom. The van der Waals surface area contributed by atoms with Crippen molar-refractivity contribution in [2.24, 2.45) is 0 Å². The van der Waals surface area contributed by atoms with Crippen LogP contribution in [0, 0.1) is 5.82 Å². The second-order valence-electron chi connectivity index (χ2n) is 4.20. The van der Waals surface area contributed by atoms with E-state index in [1.165, 1.54) is 24.1 Å². The number of aromatic hydroxyl groups is 1. The number of ether oxygens (including phenoxy) is 1. The van der Waals surface area contributed by atoms with Crippen LogP contribution in [0.1, 0.15) is 10.4 Å². The highest BCUT2D eigenvalue weighted by molar-refractivity contribution is 6.07. The van der Waals surface area contributed by atoms with Crippen molar-refractivity contribution in [1.82, 2.24) is 0 Å². The first-order valence-corrected chi connectivity index (χ1v) is 5.94. The minimum absolute atomic E-state index is 0.342. The van der Waals surface area contributed by atoms with E-state index in [0.717, 1.165) is 6.07 Å². The average Bonchev–Trinajstić information content (AvgIpc) is 2.46. The number of methoxy groups -OCH3 is 1. The van der Waals surface area contributed by atoms with Crippen molar-refractivity contribution in [3.05, 3.63) is 53.8 Å². The minimum atomic E-state index is -0.754. The largest absolute Gasteiger partial charge is 0.507 e. The highest BCUT2D eigenvalue weighted by atomic mass is 19.1. The Morgan fingerprint density at radius 1 is 1.20 bits per heavy atom. The SMILES string of the molecule is COc1ccc(N(C)C(=O)c2c(O)cccc2F)cc1. The number of carbonyl (C=O) groups is 1. The summed E-state index contributed by atoms with van der Waals surface area (Å²) in [5.41, 5.74) is 0.226. The Labute approximate surface area is 116 Å². The lowest BCUT2D eigenvalue weighted by Gasteiger charge is -2.18. The summed E-state index contributed by atoms with van der Waals surface area (Å²) in [7, 11) is 3.05. The molecule has 104 valence electrons. The summed E-state index contributed by atoms with van der Waals surface area (Å²) >= 11 is 0. The summed E-state index contributed by atoms with van der Waals surface area (Å²) in [6.45, 7) is 0. The Kier molecular flexibility index (Phi) is 3.89. The van der Waals surface area contributed by atoms with Gasteiger partial charge in [0, 0.05) is 12.7 Å². The number of carbonyl (C=O) groups excluding carboxylic acids is 1. The third-order valence-corrected chi connectivity index (χ3v) is 2.97. The van der Waals surface area contributed by atoms with E-state index in [0.29, 0.717) is 11.4 Å². The van der Waals surface area contributed by atoms with Gasteiger partial charge in [-0.2, -0.15) is 0 Å². The van der Waals surface area contributed by atoms with Crippen LogP contribution in [0.15, 0.2) is 42.5 Å². The zero-order chi connectivity index (χ0) is 14.7. The molecule has 0 saturated heterocycles. The molecule has 1 N–H and O–H groups in total. The van der Waals surface area contributed by atoms with E-state index in [1.807, 2.05) is 0 Å². The minimum Gasteiger partial charge on any atom is -0.507 e. The van der Waals surface area contributed by atoms with Gasteiger partial charge in [0.1, 0.15) is 22.9 Å². The molecule has 0 bridgehead atoms. The fraction of sp³-hybridized carbons (Fsp3) is 0.133. The summed E-state index contributed by atoms with van der Waals surface area (Å²) in [4.78, 5) is 13.5. The number of benzene rings is 2. The number of hydrogen-bond donors (Lipinski definition) is 1. The predicted molar refractivity (Wildman–Crippen MR) is 73.8 cm³/mol. The first-order chi connectivity index (χ1) is 9.54. The Hall–Kier alpha value is -2.56. The van der Waals surface area contributed by atoms with Gasteiger partial charge in [0.2, 0.25) is 0 Å². The molecule has 0 aliphatic rings. The highest BCUT2D eigenvalue weighted by Gasteiger charge is 2.21. The maximum Gasteiger partial charge on any atom is 0.264 e. The molecule has 0 spiro atoms. The van der Waals surface area contributed by atoms with Gasteiger partial charge in [-0.25, -0.2) is 4.39 Å². The Balaban J connectivity index is 2.32. The van der Waals surface area contributed by atoms with Crippen LogP contribution in [0.25, 0.3) is 0 Å². The molecule has 4 nitrogen and oxygen atoms in total. The van der Waals surface area contributed by atoms with Crippen molar-refractivity contribution in [3.63, 3.8) is 0 Å². The van der Waals surface area contributed by atoms with Gasteiger partial charge < -0.3 is 14.7 Å². The lowest BCUT2D eigenvalue weighted by Crippen LogP contribution is -2.27. The number of anilines is 1. The van der Waals surface area contributed by atoms with E-state index in [4.69, 9.17) is 4.74 Å². The molecule has 2 aromatic carbocycles. The summed E-state index contributed by atoms with van der Waals surface area (Å²) < 4.78 is 18.7. The first-order valence-electron chi connectivity index (χ1n) is 5.94. The van der Waals surface area contributed by atoms with E-state index < -0.39 is 11.7 Å². The first kappa shape index (κ1) is 13.9. The topological polar surface area (TPSA) is 49.8 Å². The van der Waals surface area contributed by atoms with Crippen molar-refractivity contribution < 1.29 is 19.0 Å². The lowest BCUT2D eigenvalue weighted by atomic mass is 10.1. The van der Waals surface area contributed by atoms with Gasteiger partial charge >= 0.3 is 0 Å². The molecule has 0 heterocycles. The molecule has 0 aromatic heterocycles. The van der Waals surface area contributed by atoms with Crippen molar-refractivity contribution in [2.45, 2.75) is 0 Å². The molecule has 0 radical (unpaired) electrons. The number of nitrogens with zero attached hydrogens (tertiary/aromatic N) is 1. The van der Waals surface area contributed by atoms with Crippen molar-refractivity contribution in [2.75, 3.05) is 19.1 Å². The zero-order valence-corrected chi connectivity index (χ0v) is 11.1. The predicted octanol–water partition coefficient (Wildman–Crippen LogP) is 2.82. The van der Waals surface area contributed by atoms with Crippen LogP contribution in [0.5, 0.6) is 11.5 Å². The molecule has 20 heavy (non-hydrogen) atoms. The third kappa shape index (κ3) is 2.56. The molecular formula is C15H14FNO3. The van der Waals surface area contributed by atoms with Gasteiger partial charge in [0.05, 0.1) is 7.11 Å². The number of phenolic OH excluding ortho intramolecular Hbond substituents is 1. The van der Waals surface area contributed by atoms with Crippen LogP contribution in [0.2, 0.25) is 0 Å². The molecule has 2 aromatic rings. The molecule has 2 rings (SSSR count). The molecule has 0 aliphatic carbocycles. The van der Waals surface area contributed by atoms with Crippen LogP contribution >= 0.6 is 0 Å². The summed E-state index contributed by atoms with van der Waals surface area (Å²) in [5, 5.41) is 9.63. The van der Waals surface area contributed by atoms with Gasteiger partial charge in [-0.05, 0) is 36.4 Å². The van der Waals surface area contributed by atoms with Crippen LogP contribution in [-0.4, -0.2) is 25.2 Å². The molecule has 0 fully saturated rings. The number of rotatable bonds is 3. The monoisotopic (exact) mass is 275 g/mol. The highest BCUT2D eigenvalue weighted by Crippen LogP contribution is 2.25. The van der Waals surface area contributed by atoms with E-state index in [1.54, 1.807) is 31.4 Å². The molecular weight excluding hydrogens is 261 g/mol. The van der Waals surface area contributed by atoms with E-state index in [2.05, 4.69) is 0 Å². The van der Waals surface area contributed by atoms with Gasteiger partial charge in [-0.1, -0.05) is 6.07 Å². The van der Waals surface area contributed by atoms with Crippen molar-refractivity contribution in [3.8, 4) is 11.5 Å². The third-order valence-electron chi connectivity index (χ3n) is 2.97. The molecule has 0 aliphatic heterocycles. The fourth-order valence-corrected chi connectivity index (χ4v) is 1.82. The van der Waals surface area contributed by atoms with Crippen LogP contribution in [-0.2, 0) is 0 Å². The van der Waals surface area contributed by atoms with E-state index in [-0.39, 0.29) is 11.3 Å². The number of amides is 1. The summed E-state index contributed by atoms with van der Waals surface area (Å²) in [6, 6.07) is 10.5. The Morgan fingerprint density at radius 2 is 1.85 bits per heavy atom. The molecule has 0 unspecified atom stereocenters. The van der Waals surface area contributed by atoms with Crippen molar-refractivity contribution in [1.29, 1.82) is 0 Å². The van der Waals surface area contributed by atoms with Gasteiger partial charge in [0.15, 0.2) is 0 Å². The maximum absolute atomic E-state index is 13.7. The number of halogens is 1. The lowest BCUT2D eigenvalue weighted by molar-refractivity contribution is 0.0986. The molecule has 5 heteroatoms. The van der Waals surface area contributed by atoms with Gasteiger partial charge in [0.25, 0.3) is 5.91 Å². The van der Waals surface area contributed by atoms with Gasteiger partial charge in [-0.3, -0.25) is 4.79 Å². The Bertz CT molecular complexity index is 605. The van der Waals surface area contributed by atoms with Crippen molar-refractivity contribution >= 4 is 11.6 Å². The molecule has 1 amide bonds. The standard InChI is InChI=1S/C15H14FNO3/c1-17(10-6-8-11(20-2)9-7-10)15(19)14-12(16)4-3-5-13(14)18/h3-9,18H,1-2H3. The summed E-state index contributed by atoms with van der Waals surface area (Å²) in [5.74, 6) is -1.10. The average molecular weight is 275 g/mol.